The van der Waals surface area contributed by atoms with Crippen molar-refractivity contribution in [1.82, 2.24) is 10.2 Å². The van der Waals surface area contributed by atoms with E-state index in [9.17, 15) is 9.90 Å². The zero-order chi connectivity index (χ0) is 23.3. The van der Waals surface area contributed by atoms with Crippen molar-refractivity contribution in [3.63, 3.8) is 0 Å². The normalized spacial score (nSPS) is 10.7. The summed E-state index contributed by atoms with van der Waals surface area (Å²) in [5, 5.41) is 18.3. The Morgan fingerprint density at radius 3 is 2.03 bits per heavy atom. The average molecular weight is 447 g/mol. The topological polar surface area (TPSA) is 75.2 Å². The zero-order valence-electron chi connectivity index (χ0n) is 18.3. The number of aromatic amines is 1. The highest BCUT2D eigenvalue weighted by Crippen LogP contribution is 2.37. The fraction of sp³-hybridized carbons (Fsp3) is 0.0345. The molecule has 0 atom stereocenters. The molecule has 2 N–H and O–H groups in total. The molecule has 0 unspecified atom stereocenters. The number of phenolic OH excluding ortho intramolecular Hbond substituents is 1. The number of carbonyl (C=O) groups excluding carboxylic acids is 1. The molecule has 0 bridgehead atoms. The third kappa shape index (κ3) is 4.19. The first-order valence-corrected chi connectivity index (χ1v) is 10.9. The second kappa shape index (κ2) is 9.46. The Kier molecular flexibility index (Phi) is 5.91. The van der Waals surface area contributed by atoms with Crippen LogP contribution in [0, 0.1) is 0 Å². The molecular formula is C29H22N2O3. The largest absolute Gasteiger partial charge is 0.507 e. The van der Waals surface area contributed by atoms with Gasteiger partial charge in [-0.3, -0.25) is 9.89 Å². The molecule has 166 valence electrons. The molecule has 0 spiro atoms. The molecule has 5 aromatic rings. The summed E-state index contributed by atoms with van der Waals surface area (Å²) >= 11 is 0. The smallest absolute Gasteiger partial charge is 0.204 e. The van der Waals surface area contributed by atoms with Gasteiger partial charge in [-0.25, -0.2) is 0 Å². The van der Waals surface area contributed by atoms with E-state index < -0.39 is 0 Å². The predicted molar refractivity (Wildman–Crippen MR) is 132 cm³/mol. The van der Waals surface area contributed by atoms with Crippen molar-refractivity contribution in [3.05, 3.63) is 126 Å². The van der Waals surface area contributed by atoms with Crippen molar-refractivity contribution in [2.45, 2.75) is 6.61 Å². The van der Waals surface area contributed by atoms with Crippen molar-refractivity contribution >= 4 is 5.78 Å². The molecule has 5 rings (SSSR count). The van der Waals surface area contributed by atoms with Gasteiger partial charge in [0.15, 0.2) is 0 Å². The van der Waals surface area contributed by atoms with Gasteiger partial charge in [0.05, 0.1) is 11.3 Å². The van der Waals surface area contributed by atoms with E-state index >= 15 is 0 Å². The first-order valence-electron chi connectivity index (χ1n) is 10.9. The summed E-state index contributed by atoms with van der Waals surface area (Å²) in [4.78, 5) is 14.0. The number of benzene rings is 4. The maximum absolute atomic E-state index is 14.0. The van der Waals surface area contributed by atoms with E-state index in [4.69, 9.17) is 4.74 Å². The highest BCUT2D eigenvalue weighted by molar-refractivity contribution is 6.18. The van der Waals surface area contributed by atoms with Gasteiger partial charge in [0.25, 0.3) is 0 Å². The number of aromatic nitrogens is 2. The maximum atomic E-state index is 14.0. The molecule has 0 aliphatic rings. The van der Waals surface area contributed by atoms with Crippen LogP contribution < -0.4 is 4.74 Å². The molecule has 0 amide bonds. The molecule has 0 aliphatic heterocycles. The minimum Gasteiger partial charge on any atom is -0.507 e. The Hall–Kier alpha value is -4.64. The molecule has 1 aromatic heterocycles. The van der Waals surface area contributed by atoms with Crippen molar-refractivity contribution in [1.29, 1.82) is 0 Å². The molecule has 5 nitrogen and oxygen atoms in total. The number of nitrogens with one attached hydrogen (secondary N) is 1. The van der Waals surface area contributed by atoms with Crippen molar-refractivity contribution in [3.8, 4) is 34.0 Å². The monoisotopic (exact) mass is 446 g/mol. The van der Waals surface area contributed by atoms with Gasteiger partial charge in [-0.1, -0.05) is 97.1 Å². The minimum atomic E-state index is -0.368. The molecule has 4 aromatic carbocycles. The van der Waals surface area contributed by atoms with E-state index in [0.717, 1.165) is 16.7 Å². The third-order valence-corrected chi connectivity index (χ3v) is 5.57. The summed E-state index contributed by atoms with van der Waals surface area (Å²) in [6.07, 6.45) is 0. The lowest BCUT2D eigenvalue weighted by Gasteiger charge is -2.13. The number of nitrogens with zero attached hydrogens (tertiary/aromatic N) is 1. The standard InChI is InChI=1S/C29H22N2O3/c32-23-17-10-18-24(34-19-20-11-4-1-5-12-20)25(23)29(33)26-27(21-13-6-2-7-14-21)30-31-28(26)22-15-8-3-9-16-22/h1-18,32H,19H2,(H,30,31). The fourth-order valence-electron chi connectivity index (χ4n) is 3.91. The summed E-state index contributed by atoms with van der Waals surface area (Å²) in [6.45, 7) is 0.271. The maximum Gasteiger partial charge on any atom is 0.204 e. The van der Waals surface area contributed by atoms with E-state index in [-0.39, 0.29) is 23.7 Å². The summed E-state index contributed by atoms with van der Waals surface area (Å²) in [6, 6.07) is 33.6. The summed E-state index contributed by atoms with van der Waals surface area (Å²) in [5.41, 5.74) is 4.16. The first-order chi connectivity index (χ1) is 16.7. The average Bonchev–Trinajstić information content (AvgIpc) is 3.34. The van der Waals surface area contributed by atoms with E-state index in [1.54, 1.807) is 12.1 Å². The van der Waals surface area contributed by atoms with Crippen molar-refractivity contribution < 1.29 is 14.6 Å². The van der Waals surface area contributed by atoms with Crippen LogP contribution in [0.3, 0.4) is 0 Å². The van der Waals surface area contributed by atoms with Gasteiger partial charge in [-0.05, 0) is 17.7 Å². The lowest BCUT2D eigenvalue weighted by molar-refractivity contribution is 0.103. The fourth-order valence-corrected chi connectivity index (χ4v) is 3.91. The van der Waals surface area contributed by atoms with Gasteiger partial charge in [0.1, 0.15) is 29.4 Å². The molecule has 34 heavy (non-hydrogen) atoms. The molecule has 1 heterocycles. The number of ketones is 1. The van der Waals surface area contributed by atoms with Crippen molar-refractivity contribution in [2.24, 2.45) is 0 Å². The molecule has 0 fully saturated rings. The third-order valence-electron chi connectivity index (χ3n) is 5.57. The van der Waals surface area contributed by atoms with E-state index in [0.29, 0.717) is 22.7 Å². The Bertz CT molecular complexity index is 1360. The van der Waals surface area contributed by atoms with Crippen LogP contribution in [0.25, 0.3) is 22.5 Å². The summed E-state index contributed by atoms with van der Waals surface area (Å²) in [7, 11) is 0. The van der Waals surface area contributed by atoms with Crippen LogP contribution in [0.2, 0.25) is 0 Å². The molecule has 0 saturated carbocycles. The summed E-state index contributed by atoms with van der Waals surface area (Å²) < 4.78 is 6.00. The second-order valence-electron chi connectivity index (χ2n) is 7.81. The van der Waals surface area contributed by atoms with Crippen molar-refractivity contribution in [2.75, 3.05) is 0 Å². The lowest BCUT2D eigenvalue weighted by Crippen LogP contribution is -2.08. The predicted octanol–water partition coefficient (Wildman–Crippen LogP) is 6.26. The Labute approximate surface area is 197 Å². The molecule has 0 saturated heterocycles. The van der Waals surface area contributed by atoms with Crippen LogP contribution in [-0.4, -0.2) is 21.1 Å². The van der Waals surface area contributed by atoms with Gasteiger partial charge in [-0.15, -0.1) is 0 Å². The van der Waals surface area contributed by atoms with E-state index in [1.807, 2.05) is 91.0 Å². The Balaban J connectivity index is 1.62. The summed E-state index contributed by atoms with van der Waals surface area (Å²) in [5.74, 6) is -0.199. The number of ether oxygens (including phenoxy) is 1. The molecule has 5 heteroatoms. The van der Waals surface area contributed by atoms with Crippen LogP contribution >= 0.6 is 0 Å². The number of phenols is 1. The number of rotatable bonds is 7. The van der Waals surface area contributed by atoms with Crippen LogP contribution in [0.1, 0.15) is 21.5 Å². The van der Waals surface area contributed by atoms with Crippen LogP contribution in [-0.2, 0) is 6.61 Å². The van der Waals surface area contributed by atoms with E-state index in [1.165, 1.54) is 6.07 Å². The SMILES string of the molecule is O=C(c1c(O)cccc1OCc1ccccc1)c1c(-c2ccccc2)n[nH]c1-c1ccccc1. The Morgan fingerprint density at radius 2 is 1.35 bits per heavy atom. The van der Waals surface area contributed by atoms with Gasteiger partial charge in [0, 0.05) is 11.1 Å². The van der Waals surface area contributed by atoms with Crippen LogP contribution in [0.15, 0.2) is 109 Å². The highest BCUT2D eigenvalue weighted by Gasteiger charge is 2.28. The van der Waals surface area contributed by atoms with Gasteiger partial charge in [-0.2, -0.15) is 5.10 Å². The number of hydrogen-bond acceptors (Lipinski definition) is 4. The van der Waals surface area contributed by atoms with Crippen LogP contribution in [0.5, 0.6) is 11.5 Å². The number of carbonyl (C=O) groups is 1. The first kappa shape index (κ1) is 21.2. The number of aromatic hydroxyl groups is 1. The molecule has 0 aliphatic carbocycles. The van der Waals surface area contributed by atoms with E-state index in [2.05, 4.69) is 10.2 Å². The second-order valence-corrected chi connectivity index (χ2v) is 7.81. The van der Waals surface area contributed by atoms with Gasteiger partial charge < -0.3 is 9.84 Å². The number of H-pyrrole nitrogens is 1. The quantitative estimate of drug-likeness (QED) is 0.289. The molecular weight excluding hydrogens is 424 g/mol. The minimum absolute atomic E-state index is 0.106. The highest BCUT2D eigenvalue weighted by atomic mass is 16.5. The number of hydrogen-bond donors (Lipinski definition) is 2. The molecule has 0 radical (unpaired) electrons. The lowest BCUT2D eigenvalue weighted by atomic mass is 9.94. The zero-order valence-corrected chi connectivity index (χ0v) is 18.3. The Morgan fingerprint density at radius 1 is 0.735 bits per heavy atom. The van der Waals surface area contributed by atoms with Gasteiger partial charge >= 0.3 is 0 Å². The van der Waals surface area contributed by atoms with Crippen LogP contribution in [0.4, 0.5) is 0 Å². The van der Waals surface area contributed by atoms with Gasteiger partial charge in [0.2, 0.25) is 5.78 Å².